The SMILES string of the molecule is CC1C(NC=O)CC(C)(C)CC1NC=O.[CH3-].[CH3-].[Ti+2]. The molecule has 18 heavy (non-hydrogen) atoms. The second kappa shape index (κ2) is 9.57. The molecule has 2 amide bonds. The topological polar surface area (TPSA) is 58.2 Å². The standard InChI is InChI=1S/C11H20N2O2.2CH3.Ti/c1-8-9(12-6-14)4-11(2,3)5-10(8)13-7-15;;;/h6-10H,4-5H2,1-3H3,(H,12,14)(H,13,15);2*1H3;/q;2*-1;+2. The second-order valence-corrected chi connectivity index (χ2v) is 5.21. The second-order valence-electron chi connectivity index (χ2n) is 5.21. The molecule has 1 rings (SSSR count). The van der Waals surface area contributed by atoms with Gasteiger partial charge in [-0.25, -0.2) is 0 Å². The molecule has 1 saturated carbocycles. The number of hydrogen-bond acceptors (Lipinski definition) is 2. The van der Waals surface area contributed by atoms with Crippen LogP contribution in [0.15, 0.2) is 0 Å². The molecule has 0 heterocycles. The van der Waals surface area contributed by atoms with Gasteiger partial charge in [0.1, 0.15) is 0 Å². The minimum absolute atomic E-state index is 0. The molecule has 0 spiro atoms. The van der Waals surface area contributed by atoms with E-state index in [4.69, 9.17) is 0 Å². The number of carbonyl (C=O) groups excluding carboxylic acids is 2. The summed E-state index contributed by atoms with van der Waals surface area (Å²) >= 11 is 0. The summed E-state index contributed by atoms with van der Waals surface area (Å²) in [5.41, 5.74) is 0.161. The van der Waals surface area contributed by atoms with Gasteiger partial charge in [-0.1, -0.05) is 20.8 Å². The normalized spacial score (nSPS) is 28.5. The van der Waals surface area contributed by atoms with Gasteiger partial charge in [0, 0.05) is 12.1 Å². The first-order valence-corrected chi connectivity index (χ1v) is 5.39. The maximum Gasteiger partial charge on any atom is 2.00 e. The minimum atomic E-state index is 0. The molecule has 0 aliphatic heterocycles. The van der Waals surface area contributed by atoms with Gasteiger partial charge in [-0.05, 0) is 24.2 Å². The molecule has 2 N–H and O–H groups in total. The monoisotopic (exact) mass is 290 g/mol. The van der Waals surface area contributed by atoms with Crippen LogP contribution in [-0.4, -0.2) is 24.9 Å². The third-order valence-electron chi connectivity index (χ3n) is 3.38. The van der Waals surface area contributed by atoms with Gasteiger partial charge in [0.2, 0.25) is 12.8 Å². The summed E-state index contributed by atoms with van der Waals surface area (Å²) < 4.78 is 0. The minimum Gasteiger partial charge on any atom is -0.358 e. The Labute approximate surface area is 127 Å². The maximum absolute atomic E-state index is 10.5. The van der Waals surface area contributed by atoms with Gasteiger partial charge in [0.05, 0.1) is 0 Å². The maximum atomic E-state index is 10.5. The van der Waals surface area contributed by atoms with Crippen LogP contribution in [0.25, 0.3) is 0 Å². The predicted octanol–water partition coefficient (Wildman–Crippen LogP) is 1.57. The molecule has 0 aromatic carbocycles. The van der Waals surface area contributed by atoms with E-state index in [-0.39, 0.29) is 60.0 Å². The Bertz CT molecular complexity index is 225. The molecule has 4 nitrogen and oxygen atoms in total. The van der Waals surface area contributed by atoms with E-state index >= 15 is 0 Å². The van der Waals surface area contributed by atoms with Crippen molar-refractivity contribution in [3.05, 3.63) is 14.9 Å². The van der Waals surface area contributed by atoms with Crippen molar-refractivity contribution in [3.63, 3.8) is 0 Å². The van der Waals surface area contributed by atoms with Crippen molar-refractivity contribution in [2.75, 3.05) is 0 Å². The molecule has 0 saturated heterocycles. The summed E-state index contributed by atoms with van der Waals surface area (Å²) in [5, 5.41) is 5.68. The third kappa shape index (κ3) is 6.01. The number of nitrogens with one attached hydrogen (secondary N) is 2. The molecule has 5 heteroatoms. The van der Waals surface area contributed by atoms with E-state index < -0.39 is 0 Å². The molecule has 0 radical (unpaired) electrons. The van der Waals surface area contributed by atoms with Crippen molar-refractivity contribution in [1.82, 2.24) is 10.6 Å². The molecule has 2 atom stereocenters. The summed E-state index contributed by atoms with van der Waals surface area (Å²) in [4.78, 5) is 21.0. The average molecular weight is 290 g/mol. The van der Waals surface area contributed by atoms with Crippen molar-refractivity contribution in [3.8, 4) is 0 Å². The van der Waals surface area contributed by atoms with Crippen molar-refractivity contribution in [2.45, 2.75) is 45.7 Å². The molecular formula is C13H26N2O2Ti. The van der Waals surface area contributed by atoms with Gasteiger partial charge in [0.25, 0.3) is 0 Å². The van der Waals surface area contributed by atoms with E-state index in [1.54, 1.807) is 0 Å². The fraction of sp³-hybridized carbons (Fsp3) is 0.692. The van der Waals surface area contributed by atoms with Crippen molar-refractivity contribution in [1.29, 1.82) is 0 Å². The largest absolute Gasteiger partial charge is 2.00 e. The number of hydrogen-bond donors (Lipinski definition) is 2. The van der Waals surface area contributed by atoms with E-state index in [9.17, 15) is 9.59 Å². The number of rotatable bonds is 4. The van der Waals surface area contributed by atoms with Gasteiger partial charge in [-0.2, -0.15) is 0 Å². The van der Waals surface area contributed by atoms with Gasteiger partial charge >= 0.3 is 21.7 Å². The van der Waals surface area contributed by atoms with Crippen molar-refractivity contribution < 1.29 is 31.3 Å². The Hall–Kier alpha value is -0.346. The number of amides is 2. The Morgan fingerprint density at radius 2 is 1.33 bits per heavy atom. The first kappa shape index (κ1) is 22.8. The summed E-state index contributed by atoms with van der Waals surface area (Å²) in [6.07, 6.45) is 3.43. The predicted molar refractivity (Wildman–Crippen MR) is 71.0 cm³/mol. The Morgan fingerprint density at radius 1 is 1.00 bits per heavy atom. The van der Waals surface area contributed by atoms with Gasteiger partial charge < -0.3 is 25.5 Å². The molecule has 1 aliphatic carbocycles. The van der Waals surface area contributed by atoms with Crippen LogP contribution in [-0.2, 0) is 31.3 Å². The van der Waals surface area contributed by atoms with E-state index in [0.717, 1.165) is 25.7 Å². The van der Waals surface area contributed by atoms with E-state index in [0.29, 0.717) is 0 Å². The zero-order valence-electron chi connectivity index (χ0n) is 12.1. The Morgan fingerprint density at radius 3 is 1.61 bits per heavy atom. The summed E-state index contributed by atoms with van der Waals surface area (Å²) in [7, 11) is 0. The fourth-order valence-corrected chi connectivity index (χ4v) is 2.52. The van der Waals surface area contributed by atoms with Crippen LogP contribution in [0.3, 0.4) is 0 Å². The zero-order chi connectivity index (χ0) is 11.5. The van der Waals surface area contributed by atoms with Crippen LogP contribution < -0.4 is 10.6 Å². The molecular weight excluding hydrogens is 264 g/mol. The van der Waals surface area contributed by atoms with Crippen molar-refractivity contribution >= 4 is 12.8 Å². The van der Waals surface area contributed by atoms with Crippen LogP contribution in [0.2, 0.25) is 0 Å². The van der Waals surface area contributed by atoms with Gasteiger partial charge in [-0.3, -0.25) is 9.59 Å². The van der Waals surface area contributed by atoms with E-state index in [1.165, 1.54) is 0 Å². The van der Waals surface area contributed by atoms with Crippen LogP contribution in [0.1, 0.15) is 33.6 Å². The van der Waals surface area contributed by atoms with E-state index in [2.05, 4.69) is 31.4 Å². The summed E-state index contributed by atoms with van der Waals surface area (Å²) in [6, 6.07) is 0.312. The van der Waals surface area contributed by atoms with E-state index in [1.807, 2.05) is 0 Å². The zero-order valence-corrected chi connectivity index (χ0v) is 13.7. The summed E-state index contributed by atoms with van der Waals surface area (Å²) in [6.45, 7) is 6.40. The smallest absolute Gasteiger partial charge is 0.358 e. The first-order chi connectivity index (χ1) is 7.00. The third-order valence-corrected chi connectivity index (χ3v) is 3.38. The van der Waals surface area contributed by atoms with Gasteiger partial charge in [-0.15, -0.1) is 0 Å². The van der Waals surface area contributed by atoms with Crippen LogP contribution in [0.5, 0.6) is 0 Å². The quantitative estimate of drug-likeness (QED) is 0.469. The Kier molecular flexibility index (Phi) is 12.1. The molecule has 0 aromatic rings. The van der Waals surface area contributed by atoms with Crippen molar-refractivity contribution in [2.24, 2.45) is 11.3 Å². The molecule has 0 bridgehead atoms. The van der Waals surface area contributed by atoms with Crippen LogP contribution >= 0.6 is 0 Å². The average Bonchev–Trinajstić information content (AvgIpc) is 2.13. The number of carbonyl (C=O) groups is 2. The van der Waals surface area contributed by atoms with Crippen LogP contribution in [0, 0.1) is 26.2 Å². The first-order valence-electron chi connectivity index (χ1n) is 5.39. The molecule has 104 valence electrons. The Balaban J connectivity index is -0.000000750. The fourth-order valence-electron chi connectivity index (χ4n) is 2.52. The molecule has 1 aliphatic rings. The summed E-state index contributed by atoms with van der Waals surface area (Å²) in [5.74, 6) is 0.286. The molecule has 0 aromatic heterocycles. The molecule has 1 fully saturated rings. The molecule has 2 unspecified atom stereocenters. The van der Waals surface area contributed by atoms with Crippen LogP contribution in [0.4, 0.5) is 0 Å². The van der Waals surface area contributed by atoms with Gasteiger partial charge in [0.15, 0.2) is 0 Å².